The van der Waals surface area contributed by atoms with Gasteiger partial charge in [0.05, 0.1) is 6.61 Å². The number of ether oxygens (including phenoxy) is 3. The van der Waals surface area contributed by atoms with E-state index in [1.165, 1.54) is 0 Å². The lowest BCUT2D eigenvalue weighted by Gasteiger charge is -2.27. The number of aromatic nitrogens is 1. The second-order valence-corrected chi connectivity index (χ2v) is 7.57. The lowest BCUT2D eigenvalue weighted by molar-refractivity contribution is 0.127. The first-order chi connectivity index (χ1) is 15.2. The fourth-order valence-corrected chi connectivity index (χ4v) is 3.41. The van der Waals surface area contributed by atoms with E-state index in [0.717, 1.165) is 30.8 Å². The van der Waals surface area contributed by atoms with Gasteiger partial charge in [-0.05, 0) is 30.5 Å². The van der Waals surface area contributed by atoms with Crippen LogP contribution < -0.4 is 20.1 Å². The first-order valence-electron chi connectivity index (χ1n) is 10.6. The number of nitrogens with one attached hydrogen (secondary N) is 2. The second kappa shape index (κ2) is 12.1. The molecule has 0 radical (unpaired) electrons. The highest BCUT2D eigenvalue weighted by Gasteiger charge is 2.34. The maximum Gasteiger partial charge on any atom is 0.213 e. The minimum absolute atomic E-state index is 0.0306. The Kier molecular flexibility index (Phi) is 8.93. The van der Waals surface area contributed by atoms with Gasteiger partial charge in [-0.2, -0.15) is 0 Å². The number of hydrogen-bond donors (Lipinski definition) is 3. The monoisotopic (exact) mass is 428 g/mol. The molecule has 0 aliphatic carbocycles. The Hall–Kier alpha value is -2.84. The lowest BCUT2D eigenvalue weighted by atomic mass is 9.84. The molecule has 1 atom stereocenters. The highest BCUT2D eigenvalue weighted by Crippen LogP contribution is 2.31. The van der Waals surface area contributed by atoms with Crippen molar-refractivity contribution in [3.05, 3.63) is 54.2 Å². The van der Waals surface area contributed by atoms with Crippen LogP contribution in [-0.2, 0) is 11.3 Å². The molecule has 3 rings (SSSR count). The zero-order valence-electron chi connectivity index (χ0n) is 18.0. The van der Waals surface area contributed by atoms with Crippen molar-refractivity contribution in [1.29, 1.82) is 0 Å². The van der Waals surface area contributed by atoms with E-state index in [2.05, 4.69) is 20.6 Å². The van der Waals surface area contributed by atoms with E-state index in [-0.39, 0.29) is 12.0 Å². The molecule has 1 saturated heterocycles. The van der Waals surface area contributed by atoms with E-state index in [1.54, 1.807) is 13.2 Å². The summed E-state index contributed by atoms with van der Waals surface area (Å²) in [4.78, 5) is 8.63. The van der Waals surface area contributed by atoms with Gasteiger partial charge in [-0.15, -0.1) is 0 Å². The highest BCUT2D eigenvalue weighted by atomic mass is 16.5. The van der Waals surface area contributed by atoms with Crippen molar-refractivity contribution in [1.82, 2.24) is 15.6 Å². The molecule has 1 aromatic heterocycles. The van der Waals surface area contributed by atoms with Crippen molar-refractivity contribution in [2.75, 3.05) is 46.6 Å². The van der Waals surface area contributed by atoms with Crippen molar-refractivity contribution in [3.8, 4) is 11.6 Å². The predicted octanol–water partition coefficient (Wildman–Crippen LogP) is 1.99. The summed E-state index contributed by atoms with van der Waals surface area (Å²) in [6, 6.07) is 13.5. The summed E-state index contributed by atoms with van der Waals surface area (Å²) in [7, 11) is 1.74. The molecule has 1 fully saturated rings. The number of nitrogens with zero attached hydrogens (tertiary/aromatic N) is 2. The molecule has 2 aromatic rings. The molecule has 0 saturated carbocycles. The van der Waals surface area contributed by atoms with Crippen LogP contribution in [0, 0.1) is 5.41 Å². The molecule has 2 heterocycles. The molecule has 31 heavy (non-hydrogen) atoms. The smallest absolute Gasteiger partial charge is 0.213 e. The number of aliphatic hydroxyl groups excluding tert-OH is 1. The highest BCUT2D eigenvalue weighted by molar-refractivity contribution is 5.79. The zero-order valence-corrected chi connectivity index (χ0v) is 18.0. The van der Waals surface area contributed by atoms with Crippen molar-refractivity contribution in [3.63, 3.8) is 0 Å². The number of aliphatic hydroxyl groups is 1. The molecule has 1 aliphatic rings. The molecule has 3 N–H and O–H groups in total. The van der Waals surface area contributed by atoms with Crippen molar-refractivity contribution in [2.45, 2.75) is 19.4 Å². The normalized spacial score (nSPS) is 18.6. The van der Waals surface area contributed by atoms with Crippen LogP contribution in [-0.4, -0.2) is 62.7 Å². The number of hydrogen-bond acceptors (Lipinski definition) is 6. The SMILES string of the molecule is CN=C(NCc1ccc(OCCOc2ccccc2)nc1)NCC1(CCO)CCOC1. The molecular weight excluding hydrogens is 396 g/mol. The molecule has 1 aromatic carbocycles. The molecular formula is C23H32N4O4. The number of rotatable bonds is 11. The van der Waals surface area contributed by atoms with Gasteiger partial charge in [-0.25, -0.2) is 4.98 Å². The Bertz CT molecular complexity index is 793. The summed E-state index contributed by atoms with van der Waals surface area (Å²) in [5.41, 5.74) is 0.988. The lowest BCUT2D eigenvalue weighted by Crippen LogP contribution is -2.44. The zero-order chi connectivity index (χ0) is 21.8. The quantitative estimate of drug-likeness (QED) is 0.286. The van der Waals surface area contributed by atoms with E-state index in [4.69, 9.17) is 14.2 Å². The van der Waals surface area contributed by atoms with Gasteiger partial charge in [-0.1, -0.05) is 24.3 Å². The van der Waals surface area contributed by atoms with Crippen LogP contribution in [0.3, 0.4) is 0 Å². The Morgan fingerprint density at radius 3 is 2.68 bits per heavy atom. The molecule has 0 spiro atoms. The van der Waals surface area contributed by atoms with E-state index in [0.29, 0.717) is 44.7 Å². The predicted molar refractivity (Wildman–Crippen MR) is 119 cm³/mol. The largest absolute Gasteiger partial charge is 0.490 e. The molecule has 0 amide bonds. The van der Waals surface area contributed by atoms with Gasteiger partial charge in [-0.3, -0.25) is 4.99 Å². The van der Waals surface area contributed by atoms with Gasteiger partial charge in [0.15, 0.2) is 5.96 Å². The molecule has 8 nitrogen and oxygen atoms in total. The van der Waals surface area contributed by atoms with Crippen LogP contribution in [0.15, 0.2) is 53.7 Å². The maximum absolute atomic E-state index is 9.36. The summed E-state index contributed by atoms with van der Waals surface area (Å²) in [6.07, 6.45) is 3.45. The van der Waals surface area contributed by atoms with E-state index in [9.17, 15) is 5.11 Å². The maximum atomic E-state index is 9.36. The van der Waals surface area contributed by atoms with Crippen LogP contribution in [0.4, 0.5) is 0 Å². The van der Waals surface area contributed by atoms with E-state index < -0.39 is 0 Å². The van der Waals surface area contributed by atoms with E-state index >= 15 is 0 Å². The number of guanidine groups is 1. The van der Waals surface area contributed by atoms with Crippen molar-refractivity contribution in [2.24, 2.45) is 10.4 Å². The minimum Gasteiger partial charge on any atom is -0.490 e. The third-order valence-electron chi connectivity index (χ3n) is 5.28. The third-order valence-corrected chi connectivity index (χ3v) is 5.28. The third kappa shape index (κ3) is 7.41. The standard InChI is InChI=1S/C23H32N4O4/c1-24-22(27-17-23(9-11-28)10-12-29-18-23)26-16-19-7-8-21(25-15-19)31-14-13-30-20-5-3-2-4-6-20/h2-8,15,28H,9-14,16-18H2,1H3,(H2,24,26,27). The molecule has 1 unspecified atom stereocenters. The summed E-state index contributed by atoms with van der Waals surface area (Å²) < 4.78 is 16.8. The summed E-state index contributed by atoms with van der Waals surface area (Å²) >= 11 is 0. The summed E-state index contributed by atoms with van der Waals surface area (Å²) in [6.45, 7) is 3.76. The Balaban J connectivity index is 1.37. The van der Waals surface area contributed by atoms with E-state index in [1.807, 2.05) is 42.5 Å². The number of pyridine rings is 1. The van der Waals surface area contributed by atoms with Gasteiger partial charge in [0.25, 0.3) is 0 Å². The van der Waals surface area contributed by atoms with Gasteiger partial charge < -0.3 is 30.0 Å². The van der Waals surface area contributed by atoms with Crippen LogP contribution >= 0.6 is 0 Å². The van der Waals surface area contributed by atoms with Crippen LogP contribution in [0.5, 0.6) is 11.6 Å². The van der Waals surface area contributed by atoms with Crippen molar-refractivity contribution < 1.29 is 19.3 Å². The van der Waals surface area contributed by atoms with Crippen LogP contribution in [0.2, 0.25) is 0 Å². The Morgan fingerprint density at radius 2 is 2.00 bits per heavy atom. The fourth-order valence-electron chi connectivity index (χ4n) is 3.41. The average Bonchev–Trinajstić information content (AvgIpc) is 3.27. The molecule has 1 aliphatic heterocycles. The van der Waals surface area contributed by atoms with Crippen LogP contribution in [0.1, 0.15) is 18.4 Å². The summed E-state index contributed by atoms with van der Waals surface area (Å²) in [5, 5.41) is 16.0. The second-order valence-electron chi connectivity index (χ2n) is 7.57. The number of benzene rings is 1. The molecule has 0 bridgehead atoms. The van der Waals surface area contributed by atoms with Gasteiger partial charge in [0.2, 0.25) is 5.88 Å². The van der Waals surface area contributed by atoms with Gasteiger partial charge in [0.1, 0.15) is 19.0 Å². The number of aliphatic imine (C=N–C) groups is 1. The van der Waals surface area contributed by atoms with Crippen LogP contribution in [0.25, 0.3) is 0 Å². The first-order valence-corrected chi connectivity index (χ1v) is 10.6. The van der Waals surface area contributed by atoms with Gasteiger partial charge in [0, 0.05) is 51.0 Å². The number of para-hydroxylation sites is 1. The van der Waals surface area contributed by atoms with Gasteiger partial charge >= 0.3 is 0 Å². The fraction of sp³-hybridized carbons (Fsp3) is 0.478. The summed E-state index contributed by atoms with van der Waals surface area (Å²) in [5.74, 6) is 2.10. The Labute approximate surface area is 183 Å². The first kappa shape index (κ1) is 22.8. The topological polar surface area (TPSA) is 97.2 Å². The Morgan fingerprint density at radius 1 is 1.16 bits per heavy atom. The average molecular weight is 429 g/mol. The minimum atomic E-state index is -0.0306. The molecule has 8 heteroatoms. The van der Waals surface area contributed by atoms with Crippen molar-refractivity contribution >= 4 is 5.96 Å². The molecule has 168 valence electrons.